The quantitative estimate of drug-likeness (QED) is 0.536. The van der Waals surface area contributed by atoms with E-state index in [9.17, 15) is 4.79 Å². The van der Waals surface area contributed by atoms with E-state index in [-0.39, 0.29) is 16.9 Å². The smallest absolute Gasteiger partial charge is 0.262 e. The van der Waals surface area contributed by atoms with Gasteiger partial charge in [-0.25, -0.2) is 4.98 Å². The van der Waals surface area contributed by atoms with Crippen LogP contribution < -0.4 is 5.56 Å². The summed E-state index contributed by atoms with van der Waals surface area (Å²) in [6.45, 7) is 8.33. The average Bonchev–Trinajstić information content (AvgIpc) is 2.54. The highest BCUT2D eigenvalue weighted by Gasteiger charge is 2.18. The summed E-state index contributed by atoms with van der Waals surface area (Å²) in [4.78, 5) is 17.6. The minimum atomic E-state index is -0.243. The molecule has 0 fully saturated rings. The monoisotopic (exact) mass is 343 g/mol. The van der Waals surface area contributed by atoms with E-state index in [1.165, 1.54) is 11.8 Å². The molecule has 1 aromatic heterocycles. The predicted molar refractivity (Wildman–Crippen MR) is 100 cm³/mol. The van der Waals surface area contributed by atoms with Crippen LogP contribution >= 0.6 is 11.8 Å². The summed E-state index contributed by atoms with van der Waals surface area (Å²) in [5, 5.41) is 10.2. The minimum absolute atomic E-state index is 0.00899. The fourth-order valence-corrected chi connectivity index (χ4v) is 3.63. The van der Waals surface area contributed by atoms with E-state index in [4.69, 9.17) is 5.26 Å². The van der Waals surface area contributed by atoms with Crippen LogP contribution in [-0.2, 0) is 0 Å². The summed E-state index contributed by atoms with van der Waals surface area (Å²) in [5.41, 5.74) is 0.686. The maximum Gasteiger partial charge on any atom is 0.262 e. The summed E-state index contributed by atoms with van der Waals surface area (Å²) in [6, 6.07) is 9.71. The first-order chi connectivity index (χ1) is 11.4. The highest BCUT2D eigenvalue weighted by Crippen LogP contribution is 2.26. The number of nitriles is 1. The summed E-state index contributed by atoms with van der Waals surface area (Å²) < 4.78 is 1.78. The van der Waals surface area contributed by atoms with Crippen molar-refractivity contribution in [3.8, 4) is 6.07 Å². The molecule has 0 spiro atoms. The van der Waals surface area contributed by atoms with E-state index in [0.717, 1.165) is 19.3 Å². The van der Waals surface area contributed by atoms with Crippen molar-refractivity contribution in [2.45, 2.75) is 63.4 Å². The van der Waals surface area contributed by atoms with Gasteiger partial charge >= 0.3 is 0 Å². The Morgan fingerprint density at radius 3 is 2.58 bits per heavy atom. The van der Waals surface area contributed by atoms with Crippen LogP contribution in [0.2, 0.25) is 0 Å². The van der Waals surface area contributed by atoms with Crippen LogP contribution in [0.1, 0.15) is 53.0 Å². The Bertz CT molecular complexity index is 791. The number of fused-ring (bicyclic) bond motifs is 1. The molecule has 0 saturated heterocycles. The van der Waals surface area contributed by atoms with Gasteiger partial charge < -0.3 is 0 Å². The zero-order chi connectivity index (χ0) is 17.7. The predicted octanol–water partition coefficient (Wildman–Crippen LogP) is 4.79. The Morgan fingerprint density at radius 1 is 1.21 bits per heavy atom. The van der Waals surface area contributed by atoms with E-state index < -0.39 is 0 Å². The molecule has 0 aliphatic heterocycles. The summed E-state index contributed by atoms with van der Waals surface area (Å²) in [7, 11) is 0. The second kappa shape index (κ2) is 8.34. The molecule has 0 N–H and O–H groups in total. The van der Waals surface area contributed by atoms with Crippen LogP contribution in [0.25, 0.3) is 10.9 Å². The van der Waals surface area contributed by atoms with Crippen molar-refractivity contribution in [3.05, 3.63) is 34.6 Å². The van der Waals surface area contributed by atoms with Crippen molar-refractivity contribution in [1.82, 2.24) is 9.55 Å². The maximum atomic E-state index is 13.0. The van der Waals surface area contributed by atoms with E-state index in [1.807, 2.05) is 31.2 Å². The molecule has 2 rings (SSSR count). The van der Waals surface area contributed by atoms with Gasteiger partial charge in [0.15, 0.2) is 5.16 Å². The molecule has 0 aliphatic carbocycles. The molecule has 0 aliphatic rings. The first kappa shape index (κ1) is 18.5. The fraction of sp³-hybridized carbons (Fsp3) is 0.526. The third kappa shape index (κ3) is 4.39. The standard InChI is InChI=1S/C19H25N3OS/c1-13(2)8-7-9-14(3)22-18(23)16-10-5-6-11-17(16)21-19(22)24-15(4)12-20/h5-6,10-11,13-15H,7-9H2,1-4H3/t14-,15+/m1/s1. The molecule has 128 valence electrons. The van der Waals surface area contributed by atoms with Gasteiger partial charge in [0, 0.05) is 6.04 Å². The second-order valence-electron chi connectivity index (χ2n) is 6.65. The van der Waals surface area contributed by atoms with Gasteiger partial charge in [-0.3, -0.25) is 9.36 Å². The fourth-order valence-electron chi connectivity index (χ4n) is 2.73. The van der Waals surface area contributed by atoms with Crippen LogP contribution in [0.5, 0.6) is 0 Å². The number of para-hydroxylation sites is 1. The van der Waals surface area contributed by atoms with E-state index in [0.29, 0.717) is 22.0 Å². The SMILES string of the molecule is CC(C)CCC[C@@H](C)n1c(S[C@@H](C)C#N)nc2ccccc2c1=O. The van der Waals surface area contributed by atoms with Gasteiger partial charge in [0.2, 0.25) is 0 Å². The molecule has 0 unspecified atom stereocenters. The number of rotatable bonds is 7. The topological polar surface area (TPSA) is 58.7 Å². The lowest BCUT2D eigenvalue weighted by Crippen LogP contribution is -2.27. The molecule has 2 atom stereocenters. The van der Waals surface area contributed by atoms with E-state index in [2.05, 4.69) is 31.8 Å². The number of benzene rings is 1. The molecule has 24 heavy (non-hydrogen) atoms. The Labute approximate surface area is 147 Å². The molecule has 1 aromatic carbocycles. The van der Waals surface area contributed by atoms with Crippen molar-refractivity contribution < 1.29 is 0 Å². The Hall–Kier alpha value is -1.80. The Kier molecular flexibility index (Phi) is 6.44. The van der Waals surface area contributed by atoms with Gasteiger partial charge in [0.05, 0.1) is 22.2 Å². The lowest BCUT2D eigenvalue weighted by Gasteiger charge is -2.20. The van der Waals surface area contributed by atoms with Crippen LogP contribution in [0.15, 0.2) is 34.2 Å². The first-order valence-corrected chi connectivity index (χ1v) is 9.39. The molecule has 4 nitrogen and oxygen atoms in total. The zero-order valence-electron chi connectivity index (χ0n) is 14.8. The van der Waals surface area contributed by atoms with Gasteiger partial charge in [-0.05, 0) is 38.3 Å². The van der Waals surface area contributed by atoms with Crippen molar-refractivity contribution >= 4 is 22.7 Å². The molecule has 0 saturated carbocycles. The molecule has 0 bridgehead atoms. The van der Waals surface area contributed by atoms with Gasteiger partial charge in [-0.15, -0.1) is 0 Å². The van der Waals surface area contributed by atoms with Crippen molar-refractivity contribution in [2.24, 2.45) is 5.92 Å². The van der Waals surface area contributed by atoms with Crippen LogP contribution in [0.3, 0.4) is 0 Å². The molecule has 0 amide bonds. The Morgan fingerprint density at radius 2 is 1.92 bits per heavy atom. The summed E-state index contributed by atoms with van der Waals surface area (Å²) >= 11 is 1.36. The van der Waals surface area contributed by atoms with Gasteiger partial charge in [0.25, 0.3) is 5.56 Å². The zero-order valence-corrected chi connectivity index (χ0v) is 15.6. The van der Waals surface area contributed by atoms with E-state index >= 15 is 0 Å². The lowest BCUT2D eigenvalue weighted by molar-refractivity contribution is 0.413. The molecular formula is C19H25N3OS. The Balaban J connectivity index is 2.44. The number of aromatic nitrogens is 2. The number of hydrogen-bond donors (Lipinski definition) is 0. The van der Waals surface area contributed by atoms with Gasteiger partial charge in [-0.2, -0.15) is 5.26 Å². The van der Waals surface area contributed by atoms with Crippen molar-refractivity contribution in [2.75, 3.05) is 0 Å². The average molecular weight is 343 g/mol. The largest absolute Gasteiger partial charge is 0.284 e. The molecule has 1 heterocycles. The lowest BCUT2D eigenvalue weighted by atomic mass is 10.0. The van der Waals surface area contributed by atoms with Crippen LogP contribution in [-0.4, -0.2) is 14.8 Å². The van der Waals surface area contributed by atoms with E-state index in [1.54, 1.807) is 4.57 Å². The van der Waals surface area contributed by atoms with Crippen LogP contribution in [0, 0.1) is 17.2 Å². The molecule has 0 radical (unpaired) electrons. The highest BCUT2D eigenvalue weighted by atomic mass is 32.2. The number of hydrogen-bond acceptors (Lipinski definition) is 4. The summed E-state index contributed by atoms with van der Waals surface area (Å²) in [6.07, 6.45) is 3.17. The third-order valence-electron chi connectivity index (χ3n) is 4.08. The van der Waals surface area contributed by atoms with Gasteiger partial charge in [-0.1, -0.05) is 50.6 Å². The number of nitrogens with zero attached hydrogens (tertiary/aromatic N) is 3. The minimum Gasteiger partial charge on any atom is -0.284 e. The number of thioether (sulfide) groups is 1. The molecule has 2 aromatic rings. The molecular weight excluding hydrogens is 318 g/mol. The highest BCUT2D eigenvalue weighted by molar-refractivity contribution is 8.00. The van der Waals surface area contributed by atoms with Crippen LogP contribution in [0.4, 0.5) is 0 Å². The first-order valence-electron chi connectivity index (χ1n) is 8.51. The molecule has 5 heteroatoms. The summed E-state index contributed by atoms with van der Waals surface area (Å²) in [5.74, 6) is 0.663. The third-order valence-corrected chi connectivity index (χ3v) is 5.04. The van der Waals surface area contributed by atoms with Gasteiger partial charge in [0.1, 0.15) is 0 Å². The normalized spacial score (nSPS) is 13.8. The second-order valence-corrected chi connectivity index (χ2v) is 7.96. The van der Waals surface area contributed by atoms with Crippen molar-refractivity contribution in [3.63, 3.8) is 0 Å². The maximum absolute atomic E-state index is 13.0. The van der Waals surface area contributed by atoms with Crippen molar-refractivity contribution in [1.29, 1.82) is 5.26 Å².